The molecule has 0 spiro atoms. The van der Waals surface area contributed by atoms with Crippen molar-refractivity contribution in [2.45, 2.75) is 6.42 Å². The first-order chi connectivity index (χ1) is 9.75. The van der Waals surface area contributed by atoms with E-state index in [1.807, 2.05) is 18.2 Å². The van der Waals surface area contributed by atoms with Gasteiger partial charge < -0.3 is 0 Å². The lowest BCUT2D eigenvalue weighted by Crippen LogP contribution is -2.37. The zero-order chi connectivity index (χ0) is 13.7. The number of carbonyl (C=O) groups excluding carboxylic acids is 2. The summed E-state index contributed by atoms with van der Waals surface area (Å²) < 4.78 is 0. The summed E-state index contributed by atoms with van der Waals surface area (Å²) in [5.41, 5.74) is 0. The van der Waals surface area contributed by atoms with E-state index in [0.29, 0.717) is 0 Å². The topological polar surface area (TPSA) is 63.6 Å². The minimum Gasteiger partial charge on any atom is -0.274 e. The summed E-state index contributed by atoms with van der Waals surface area (Å²) in [7, 11) is 0. The largest absolute Gasteiger partial charge is 0.274 e. The summed E-state index contributed by atoms with van der Waals surface area (Å²) in [4.78, 5) is 29.3. The van der Waals surface area contributed by atoms with E-state index in [9.17, 15) is 9.59 Å². The zero-order valence-corrected chi connectivity index (χ0v) is 11.0. The Kier molecular flexibility index (Phi) is 2.42. The number of carbonyl (C=O) groups is 2. The zero-order valence-electron chi connectivity index (χ0n) is 11.0. The highest BCUT2D eigenvalue weighted by Crippen LogP contribution is 2.52. The molecule has 2 bridgehead atoms. The molecule has 1 saturated carbocycles. The number of aromatic amines is 1. The number of hydrogen-bond acceptors (Lipinski definition) is 3. The van der Waals surface area contributed by atoms with E-state index < -0.39 is 0 Å². The number of imide groups is 1. The predicted octanol–water partition coefficient (Wildman–Crippen LogP) is 0.677. The minimum absolute atomic E-state index is 0.0136. The van der Waals surface area contributed by atoms with E-state index in [2.05, 4.69) is 22.5 Å². The van der Waals surface area contributed by atoms with Crippen LogP contribution >= 0.6 is 0 Å². The Bertz CT molecular complexity index is 568. The van der Waals surface area contributed by atoms with Crippen molar-refractivity contribution in [1.82, 2.24) is 4.90 Å². The van der Waals surface area contributed by atoms with Gasteiger partial charge in [-0.25, -0.2) is 9.88 Å². The molecule has 5 nitrogen and oxygen atoms in total. The first-order valence-electron chi connectivity index (χ1n) is 7.00. The molecule has 0 aromatic carbocycles. The summed E-state index contributed by atoms with van der Waals surface area (Å²) in [6.45, 7) is 0.241. The van der Waals surface area contributed by atoms with E-state index in [-0.39, 0.29) is 42.2 Å². The fourth-order valence-corrected chi connectivity index (χ4v) is 3.79. The van der Waals surface area contributed by atoms with Gasteiger partial charge in [0.05, 0.1) is 18.0 Å². The van der Waals surface area contributed by atoms with Crippen molar-refractivity contribution >= 4 is 17.6 Å². The second-order valence-electron chi connectivity index (χ2n) is 5.72. The number of fused-ring (bicyclic) bond motifs is 5. The number of rotatable bonds is 3. The smallest absolute Gasteiger partial charge is 0.273 e. The van der Waals surface area contributed by atoms with Gasteiger partial charge >= 0.3 is 0 Å². The van der Waals surface area contributed by atoms with Crippen LogP contribution in [0.1, 0.15) is 6.42 Å². The predicted molar refractivity (Wildman–Crippen MR) is 71.1 cm³/mol. The van der Waals surface area contributed by atoms with E-state index in [4.69, 9.17) is 0 Å². The molecule has 0 unspecified atom stereocenters. The number of aromatic nitrogens is 1. The van der Waals surface area contributed by atoms with Crippen LogP contribution in [0.3, 0.4) is 0 Å². The van der Waals surface area contributed by atoms with Crippen LogP contribution in [0.25, 0.3) is 0 Å². The molecule has 2 heterocycles. The Hall–Kier alpha value is -2.17. The van der Waals surface area contributed by atoms with Crippen molar-refractivity contribution < 1.29 is 14.6 Å². The summed E-state index contributed by atoms with van der Waals surface area (Å²) in [5.74, 6) is 1.09. The molecule has 1 aromatic heterocycles. The van der Waals surface area contributed by atoms with Crippen LogP contribution in [0.5, 0.6) is 0 Å². The quantitative estimate of drug-likeness (QED) is 0.649. The Morgan fingerprint density at radius 2 is 1.85 bits per heavy atom. The number of pyridine rings is 1. The van der Waals surface area contributed by atoms with Crippen LogP contribution in [0.2, 0.25) is 0 Å². The molecule has 2 fully saturated rings. The molecule has 3 aliphatic rings. The maximum Gasteiger partial charge on any atom is 0.273 e. The molecule has 1 aliphatic heterocycles. The van der Waals surface area contributed by atoms with Crippen LogP contribution in [0.4, 0.5) is 5.82 Å². The monoisotopic (exact) mass is 270 g/mol. The van der Waals surface area contributed by atoms with Crippen molar-refractivity contribution in [3.63, 3.8) is 0 Å². The van der Waals surface area contributed by atoms with Gasteiger partial charge in [0.2, 0.25) is 11.8 Å². The van der Waals surface area contributed by atoms with E-state index in [1.165, 1.54) is 4.90 Å². The third kappa shape index (κ3) is 1.52. The summed E-state index contributed by atoms with van der Waals surface area (Å²) in [5, 5.41) is 3.10. The number of H-pyrrole nitrogens is 1. The molecule has 4 rings (SSSR count). The maximum atomic E-state index is 12.4. The third-order valence-corrected chi connectivity index (χ3v) is 4.70. The Morgan fingerprint density at radius 1 is 1.15 bits per heavy atom. The van der Waals surface area contributed by atoms with Crippen molar-refractivity contribution in [3.05, 3.63) is 36.5 Å². The molecule has 5 heteroatoms. The van der Waals surface area contributed by atoms with Crippen molar-refractivity contribution in [2.24, 2.45) is 23.7 Å². The molecule has 1 saturated heterocycles. The lowest BCUT2D eigenvalue weighted by atomic mass is 9.85. The average molecular weight is 270 g/mol. The van der Waals surface area contributed by atoms with Crippen LogP contribution in [-0.4, -0.2) is 23.4 Å². The second-order valence-corrected chi connectivity index (χ2v) is 5.72. The van der Waals surface area contributed by atoms with Gasteiger partial charge in [-0.1, -0.05) is 18.2 Å². The number of likely N-dealkylation sites (tertiary alicyclic amines) is 1. The van der Waals surface area contributed by atoms with Crippen LogP contribution < -0.4 is 10.3 Å². The summed E-state index contributed by atoms with van der Waals surface area (Å²) >= 11 is 0. The summed E-state index contributed by atoms with van der Waals surface area (Å²) in [6.07, 6.45) is 6.99. The van der Waals surface area contributed by atoms with Gasteiger partial charge in [-0.15, -0.1) is 0 Å². The van der Waals surface area contributed by atoms with E-state index in [0.717, 1.165) is 12.2 Å². The number of hydrogen-bond donors (Lipinski definition) is 1. The highest BCUT2D eigenvalue weighted by Gasteiger charge is 2.59. The molecular weight excluding hydrogens is 254 g/mol. The number of anilines is 1. The molecule has 2 N–H and O–H groups in total. The fraction of sp³-hybridized carbons (Fsp3) is 0.400. The van der Waals surface area contributed by atoms with Crippen LogP contribution in [0.15, 0.2) is 36.5 Å². The number of nitrogens with one attached hydrogen (secondary N) is 2. The van der Waals surface area contributed by atoms with Crippen LogP contribution in [-0.2, 0) is 9.59 Å². The molecule has 2 amide bonds. The second kappa shape index (κ2) is 4.16. The molecular formula is C15H16N3O2+. The molecule has 102 valence electrons. The SMILES string of the molecule is O=C1[C@@H]2[C@H](C(=O)N1CNc1cccc[nH+]1)[C@@H]1C=C[C@H]2C1. The van der Waals surface area contributed by atoms with Crippen molar-refractivity contribution in [3.8, 4) is 0 Å². The Morgan fingerprint density at radius 3 is 2.45 bits per heavy atom. The Balaban J connectivity index is 1.51. The normalized spacial score (nSPS) is 33.9. The van der Waals surface area contributed by atoms with Crippen LogP contribution in [0, 0.1) is 23.7 Å². The molecule has 1 aromatic rings. The highest BCUT2D eigenvalue weighted by atomic mass is 16.2. The third-order valence-electron chi connectivity index (χ3n) is 4.70. The van der Waals surface area contributed by atoms with Gasteiger partial charge in [0.25, 0.3) is 5.82 Å². The van der Waals surface area contributed by atoms with E-state index in [1.54, 1.807) is 6.20 Å². The maximum absolute atomic E-state index is 12.4. The lowest BCUT2D eigenvalue weighted by Gasteiger charge is -2.14. The Labute approximate surface area is 116 Å². The lowest BCUT2D eigenvalue weighted by molar-refractivity contribution is -0.361. The van der Waals surface area contributed by atoms with E-state index >= 15 is 0 Å². The number of nitrogens with zero attached hydrogens (tertiary/aromatic N) is 1. The van der Waals surface area contributed by atoms with Gasteiger partial charge in [-0.05, 0) is 24.3 Å². The molecule has 4 atom stereocenters. The minimum atomic E-state index is -0.112. The first kappa shape index (κ1) is 11.6. The number of amides is 2. The highest BCUT2D eigenvalue weighted by molar-refractivity contribution is 6.06. The van der Waals surface area contributed by atoms with Gasteiger partial charge in [0.15, 0.2) is 6.67 Å². The number of allylic oxidation sites excluding steroid dienone is 2. The average Bonchev–Trinajstić information content (AvgIpc) is 3.13. The first-order valence-corrected chi connectivity index (χ1v) is 7.00. The van der Waals surface area contributed by atoms with Crippen molar-refractivity contribution in [1.29, 1.82) is 0 Å². The molecule has 0 radical (unpaired) electrons. The fourth-order valence-electron chi connectivity index (χ4n) is 3.79. The van der Waals surface area contributed by atoms with Gasteiger partial charge in [0, 0.05) is 6.07 Å². The van der Waals surface area contributed by atoms with Gasteiger partial charge in [-0.2, -0.15) is 0 Å². The standard InChI is InChI=1S/C15H15N3O2/c19-14-12-9-4-5-10(7-9)13(12)15(20)18(14)8-17-11-3-1-2-6-16-11/h1-6,9-10,12-13H,7-8H2,(H,16,17)/p+1/t9-,10+,12-,13+. The van der Waals surface area contributed by atoms with Gasteiger partial charge in [-0.3, -0.25) is 14.9 Å². The molecule has 20 heavy (non-hydrogen) atoms. The van der Waals surface area contributed by atoms with Crippen molar-refractivity contribution in [2.75, 3.05) is 12.0 Å². The summed E-state index contributed by atoms with van der Waals surface area (Å²) in [6, 6.07) is 5.65. The van der Waals surface area contributed by atoms with Gasteiger partial charge in [0.1, 0.15) is 0 Å². The molecule has 2 aliphatic carbocycles.